The number of rotatable bonds is 5. The van der Waals surface area contributed by atoms with Gasteiger partial charge in [0.15, 0.2) is 0 Å². The summed E-state index contributed by atoms with van der Waals surface area (Å²) in [6.45, 7) is 3.93. The van der Waals surface area contributed by atoms with E-state index in [9.17, 15) is 4.79 Å². The van der Waals surface area contributed by atoms with E-state index < -0.39 is 0 Å². The first-order chi connectivity index (χ1) is 11.7. The van der Waals surface area contributed by atoms with Gasteiger partial charge in [-0.2, -0.15) is 0 Å². The van der Waals surface area contributed by atoms with Crippen LogP contribution in [-0.4, -0.2) is 28.9 Å². The van der Waals surface area contributed by atoms with Crippen LogP contribution in [0.25, 0.3) is 0 Å². The second-order valence-electron chi connectivity index (χ2n) is 6.21. The number of amides is 1. The van der Waals surface area contributed by atoms with E-state index in [1.807, 2.05) is 0 Å². The van der Waals surface area contributed by atoms with Crippen LogP contribution >= 0.6 is 11.6 Å². The maximum absolute atomic E-state index is 12.1. The molecule has 1 N–H and O–H groups in total. The van der Waals surface area contributed by atoms with Crippen LogP contribution in [0.1, 0.15) is 40.7 Å². The van der Waals surface area contributed by atoms with Gasteiger partial charge < -0.3 is 5.32 Å². The summed E-state index contributed by atoms with van der Waals surface area (Å²) in [7, 11) is 0. The lowest BCUT2D eigenvalue weighted by Gasteiger charge is -2.26. The van der Waals surface area contributed by atoms with Gasteiger partial charge in [-0.3, -0.25) is 9.69 Å². The van der Waals surface area contributed by atoms with E-state index in [1.165, 1.54) is 44.1 Å². The Kier molecular flexibility index (Phi) is 5.83. The van der Waals surface area contributed by atoms with Gasteiger partial charge in [0.2, 0.25) is 0 Å². The quantitative estimate of drug-likeness (QED) is 0.843. The Bertz CT molecular complexity index is 664. The molecule has 1 aromatic heterocycles. The fourth-order valence-corrected chi connectivity index (χ4v) is 3.04. The molecule has 1 aliphatic rings. The first-order valence-corrected chi connectivity index (χ1v) is 8.78. The highest BCUT2D eigenvalue weighted by Crippen LogP contribution is 2.13. The molecule has 1 aliphatic heterocycles. The van der Waals surface area contributed by atoms with Crippen molar-refractivity contribution in [2.45, 2.75) is 32.4 Å². The average Bonchev–Trinajstić information content (AvgIpc) is 2.62. The molecule has 0 spiro atoms. The van der Waals surface area contributed by atoms with Crippen molar-refractivity contribution >= 4 is 17.5 Å². The zero-order valence-corrected chi connectivity index (χ0v) is 14.4. The monoisotopic (exact) mass is 343 g/mol. The van der Waals surface area contributed by atoms with Gasteiger partial charge in [0.1, 0.15) is 5.15 Å². The van der Waals surface area contributed by atoms with Crippen molar-refractivity contribution in [2.75, 3.05) is 13.1 Å². The van der Waals surface area contributed by atoms with Crippen molar-refractivity contribution < 1.29 is 4.79 Å². The molecule has 0 radical (unpaired) electrons. The number of piperidine rings is 1. The van der Waals surface area contributed by atoms with E-state index in [1.54, 1.807) is 12.1 Å². The van der Waals surface area contributed by atoms with E-state index in [-0.39, 0.29) is 5.91 Å². The normalized spacial score (nSPS) is 15.2. The van der Waals surface area contributed by atoms with E-state index in [4.69, 9.17) is 11.6 Å². The number of aromatic nitrogens is 1. The number of benzene rings is 1. The molecule has 4 nitrogen and oxygen atoms in total. The topological polar surface area (TPSA) is 45.2 Å². The lowest BCUT2D eigenvalue weighted by Crippen LogP contribution is -2.29. The number of likely N-dealkylation sites (tertiary alicyclic amines) is 1. The summed E-state index contributed by atoms with van der Waals surface area (Å²) in [6, 6.07) is 11.8. The summed E-state index contributed by atoms with van der Waals surface area (Å²) in [4.78, 5) is 18.5. The lowest BCUT2D eigenvalue weighted by atomic mass is 10.1. The van der Waals surface area contributed by atoms with Crippen LogP contribution < -0.4 is 5.32 Å². The van der Waals surface area contributed by atoms with Crippen LogP contribution in [0.15, 0.2) is 42.6 Å². The van der Waals surface area contributed by atoms with Crippen LogP contribution in [0.3, 0.4) is 0 Å². The molecule has 24 heavy (non-hydrogen) atoms. The summed E-state index contributed by atoms with van der Waals surface area (Å²) < 4.78 is 0. The van der Waals surface area contributed by atoms with Crippen LogP contribution in [-0.2, 0) is 13.1 Å². The number of hydrogen-bond donors (Lipinski definition) is 1. The fourth-order valence-electron chi connectivity index (χ4n) is 2.93. The average molecular weight is 344 g/mol. The Morgan fingerprint density at radius 3 is 2.42 bits per heavy atom. The molecule has 2 aromatic rings. The van der Waals surface area contributed by atoms with Crippen LogP contribution in [0.4, 0.5) is 0 Å². The first kappa shape index (κ1) is 16.9. The highest BCUT2D eigenvalue weighted by molar-refractivity contribution is 6.29. The Morgan fingerprint density at radius 2 is 1.75 bits per heavy atom. The standard InChI is InChI=1S/C19H22ClN3O/c20-18-9-8-17(13-21-18)19(24)22-12-15-4-6-16(7-5-15)14-23-10-2-1-3-11-23/h4-9,13H,1-3,10-12,14H2,(H,22,24). The minimum atomic E-state index is -0.142. The molecule has 126 valence electrons. The number of halogens is 1. The number of carbonyl (C=O) groups excluding carboxylic acids is 1. The third-order valence-electron chi connectivity index (χ3n) is 4.32. The van der Waals surface area contributed by atoms with Gasteiger partial charge in [0, 0.05) is 19.3 Å². The second kappa shape index (κ2) is 8.27. The maximum Gasteiger partial charge on any atom is 0.253 e. The Hall–Kier alpha value is -1.91. The van der Waals surface area contributed by atoms with Gasteiger partial charge in [-0.05, 0) is 49.2 Å². The number of carbonyl (C=O) groups is 1. The minimum absolute atomic E-state index is 0.142. The molecule has 0 aliphatic carbocycles. The van der Waals surface area contributed by atoms with Gasteiger partial charge in [-0.15, -0.1) is 0 Å². The number of nitrogens with zero attached hydrogens (tertiary/aromatic N) is 2. The van der Waals surface area contributed by atoms with E-state index in [2.05, 4.69) is 39.5 Å². The Morgan fingerprint density at radius 1 is 1.04 bits per heavy atom. The zero-order chi connectivity index (χ0) is 16.8. The smallest absolute Gasteiger partial charge is 0.253 e. The SMILES string of the molecule is O=C(NCc1ccc(CN2CCCCC2)cc1)c1ccc(Cl)nc1. The van der Waals surface area contributed by atoms with E-state index in [0.717, 1.165) is 12.1 Å². The van der Waals surface area contributed by atoms with Gasteiger partial charge in [0.25, 0.3) is 5.91 Å². The highest BCUT2D eigenvalue weighted by atomic mass is 35.5. The van der Waals surface area contributed by atoms with E-state index in [0.29, 0.717) is 17.3 Å². The summed E-state index contributed by atoms with van der Waals surface area (Å²) in [5, 5.41) is 3.29. The number of hydrogen-bond acceptors (Lipinski definition) is 3. The molecule has 0 unspecified atom stereocenters. The molecule has 1 aromatic carbocycles. The van der Waals surface area contributed by atoms with Crippen LogP contribution in [0, 0.1) is 0 Å². The third-order valence-corrected chi connectivity index (χ3v) is 4.54. The molecule has 0 atom stereocenters. The Balaban J connectivity index is 1.50. The van der Waals surface area contributed by atoms with Gasteiger partial charge >= 0.3 is 0 Å². The molecule has 1 fully saturated rings. The van der Waals surface area contributed by atoms with E-state index >= 15 is 0 Å². The molecule has 1 amide bonds. The molecule has 3 rings (SSSR count). The maximum atomic E-state index is 12.1. The molecule has 2 heterocycles. The summed E-state index contributed by atoms with van der Waals surface area (Å²) in [5.41, 5.74) is 2.93. The zero-order valence-electron chi connectivity index (χ0n) is 13.7. The predicted molar refractivity (Wildman–Crippen MR) is 96.0 cm³/mol. The number of nitrogens with one attached hydrogen (secondary N) is 1. The summed E-state index contributed by atoms with van der Waals surface area (Å²) in [5.74, 6) is -0.142. The van der Waals surface area contributed by atoms with Crippen molar-refractivity contribution in [1.29, 1.82) is 0 Å². The van der Waals surface area contributed by atoms with Crippen molar-refractivity contribution in [1.82, 2.24) is 15.2 Å². The molecule has 1 saturated heterocycles. The molecule has 0 bridgehead atoms. The molecule has 5 heteroatoms. The fraction of sp³-hybridized carbons (Fsp3) is 0.368. The van der Waals surface area contributed by atoms with Crippen molar-refractivity contribution in [2.24, 2.45) is 0 Å². The van der Waals surface area contributed by atoms with Gasteiger partial charge in [-0.1, -0.05) is 42.3 Å². The highest BCUT2D eigenvalue weighted by Gasteiger charge is 2.10. The summed E-state index contributed by atoms with van der Waals surface area (Å²) in [6.07, 6.45) is 5.46. The number of pyridine rings is 1. The molecule has 0 saturated carbocycles. The molecular formula is C19H22ClN3O. The molecular weight excluding hydrogens is 322 g/mol. The lowest BCUT2D eigenvalue weighted by molar-refractivity contribution is 0.0950. The third kappa shape index (κ3) is 4.79. The minimum Gasteiger partial charge on any atom is -0.348 e. The van der Waals surface area contributed by atoms with Gasteiger partial charge in [-0.25, -0.2) is 4.98 Å². The summed E-state index contributed by atoms with van der Waals surface area (Å²) >= 11 is 5.73. The largest absolute Gasteiger partial charge is 0.348 e. The first-order valence-electron chi connectivity index (χ1n) is 8.40. The van der Waals surface area contributed by atoms with Crippen molar-refractivity contribution in [3.8, 4) is 0 Å². The predicted octanol–water partition coefficient (Wildman–Crippen LogP) is 3.65. The van der Waals surface area contributed by atoms with Gasteiger partial charge in [0.05, 0.1) is 5.56 Å². The Labute approximate surface area is 147 Å². The van der Waals surface area contributed by atoms with Crippen molar-refractivity contribution in [3.05, 3.63) is 64.4 Å². The van der Waals surface area contributed by atoms with Crippen LogP contribution in [0.5, 0.6) is 0 Å². The second-order valence-corrected chi connectivity index (χ2v) is 6.59. The van der Waals surface area contributed by atoms with Crippen molar-refractivity contribution in [3.63, 3.8) is 0 Å². The van der Waals surface area contributed by atoms with Crippen LogP contribution in [0.2, 0.25) is 5.15 Å².